The van der Waals surface area contributed by atoms with E-state index in [9.17, 15) is 4.79 Å². The number of carbonyl (C=O) groups excluding carboxylic acids is 1. The normalized spacial score (nSPS) is 16.2. The van der Waals surface area contributed by atoms with E-state index in [2.05, 4.69) is 22.0 Å². The van der Waals surface area contributed by atoms with Gasteiger partial charge in [-0.15, -0.1) is 0 Å². The monoisotopic (exact) mass is 429 g/mol. The molecule has 0 saturated carbocycles. The van der Waals surface area contributed by atoms with Gasteiger partial charge in [0.25, 0.3) is 5.91 Å². The van der Waals surface area contributed by atoms with Gasteiger partial charge in [0.1, 0.15) is 0 Å². The maximum Gasteiger partial charge on any atom is 0.289 e. The molecular weight excluding hydrogens is 406 g/mol. The maximum atomic E-state index is 13.1. The van der Waals surface area contributed by atoms with Crippen LogP contribution >= 0.6 is 0 Å². The third-order valence-corrected chi connectivity index (χ3v) is 6.17. The van der Waals surface area contributed by atoms with Crippen LogP contribution in [0.2, 0.25) is 0 Å². The van der Waals surface area contributed by atoms with Crippen LogP contribution in [0.1, 0.15) is 21.7 Å². The Bertz CT molecular complexity index is 1340. The smallest absolute Gasteiger partial charge is 0.289 e. The van der Waals surface area contributed by atoms with Crippen molar-refractivity contribution in [3.63, 3.8) is 0 Å². The number of pyridine rings is 1. The summed E-state index contributed by atoms with van der Waals surface area (Å²) in [6.07, 6.45) is 0. The van der Waals surface area contributed by atoms with Crippen molar-refractivity contribution in [2.45, 2.75) is 13.5 Å². The first kappa shape index (κ1) is 19.1. The zero-order valence-electron chi connectivity index (χ0n) is 17.8. The molecule has 2 aliphatic heterocycles. The van der Waals surface area contributed by atoms with Gasteiger partial charge in [-0.25, -0.2) is 4.98 Å². The molecule has 32 heavy (non-hydrogen) atoms. The largest absolute Gasteiger partial charge is 0.454 e. The van der Waals surface area contributed by atoms with E-state index in [1.807, 2.05) is 48.2 Å². The van der Waals surface area contributed by atoms with Crippen LogP contribution in [0.5, 0.6) is 11.5 Å². The summed E-state index contributed by atoms with van der Waals surface area (Å²) in [5.74, 6) is 1.87. The van der Waals surface area contributed by atoms with Crippen molar-refractivity contribution in [2.24, 2.45) is 0 Å². The molecule has 0 radical (unpaired) electrons. The first-order chi connectivity index (χ1) is 15.6. The summed E-state index contributed by atoms with van der Waals surface area (Å²) in [4.78, 5) is 21.9. The molecule has 0 spiro atoms. The van der Waals surface area contributed by atoms with E-state index in [1.165, 1.54) is 5.56 Å². The average molecular weight is 429 g/mol. The number of hydrogen-bond acceptors (Lipinski definition) is 6. The van der Waals surface area contributed by atoms with Crippen LogP contribution in [0.15, 0.2) is 52.9 Å². The van der Waals surface area contributed by atoms with Gasteiger partial charge in [0.05, 0.1) is 5.52 Å². The molecule has 2 aromatic carbocycles. The highest BCUT2D eigenvalue weighted by atomic mass is 16.7. The van der Waals surface area contributed by atoms with Crippen LogP contribution in [-0.2, 0) is 6.54 Å². The number of amides is 1. The lowest BCUT2D eigenvalue weighted by Gasteiger charge is -2.34. The summed E-state index contributed by atoms with van der Waals surface area (Å²) in [7, 11) is 0. The lowest BCUT2D eigenvalue weighted by molar-refractivity contribution is 0.0599. The van der Waals surface area contributed by atoms with Crippen LogP contribution in [0.4, 0.5) is 0 Å². The molecule has 2 aliphatic rings. The third kappa shape index (κ3) is 3.44. The molecule has 4 heterocycles. The SMILES string of the molecule is Cc1ccc2cc3cc(C(=O)N4CCN(Cc5ccc6c(c5)OCO6)CC4)oc3nc2c1. The molecule has 6 rings (SSSR count). The number of furan rings is 1. The number of ether oxygens (including phenoxy) is 2. The van der Waals surface area contributed by atoms with E-state index in [4.69, 9.17) is 13.9 Å². The second-order valence-corrected chi connectivity index (χ2v) is 8.45. The Kier molecular flexibility index (Phi) is 4.50. The molecule has 0 N–H and O–H groups in total. The van der Waals surface area contributed by atoms with Gasteiger partial charge in [-0.05, 0) is 48.4 Å². The highest BCUT2D eigenvalue weighted by Gasteiger charge is 2.25. The minimum atomic E-state index is -0.0778. The van der Waals surface area contributed by atoms with E-state index in [1.54, 1.807) is 0 Å². The second-order valence-electron chi connectivity index (χ2n) is 8.45. The Morgan fingerprint density at radius 2 is 1.78 bits per heavy atom. The number of rotatable bonds is 3. The minimum absolute atomic E-state index is 0.0778. The van der Waals surface area contributed by atoms with Gasteiger partial charge < -0.3 is 18.8 Å². The number of benzene rings is 2. The molecule has 0 aliphatic carbocycles. The fourth-order valence-corrected chi connectivity index (χ4v) is 4.40. The van der Waals surface area contributed by atoms with Crippen molar-refractivity contribution in [3.8, 4) is 11.5 Å². The first-order valence-corrected chi connectivity index (χ1v) is 10.8. The number of piperazine rings is 1. The Balaban J connectivity index is 1.14. The van der Waals surface area contributed by atoms with Crippen LogP contribution in [0.25, 0.3) is 22.0 Å². The molecule has 7 heteroatoms. The van der Waals surface area contributed by atoms with E-state index in [-0.39, 0.29) is 12.7 Å². The topological polar surface area (TPSA) is 68.0 Å². The quantitative estimate of drug-likeness (QED) is 0.491. The molecule has 1 amide bonds. The van der Waals surface area contributed by atoms with Gasteiger partial charge in [-0.1, -0.05) is 18.2 Å². The van der Waals surface area contributed by atoms with E-state index in [0.717, 1.165) is 53.0 Å². The maximum absolute atomic E-state index is 13.1. The predicted molar refractivity (Wildman–Crippen MR) is 120 cm³/mol. The fourth-order valence-electron chi connectivity index (χ4n) is 4.40. The van der Waals surface area contributed by atoms with Crippen LogP contribution < -0.4 is 9.47 Å². The Labute approximate surface area is 185 Å². The summed E-state index contributed by atoms with van der Waals surface area (Å²) in [5.41, 5.74) is 3.71. The van der Waals surface area contributed by atoms with E-state index >= 15 is 0 Å². The number of hydrogen-bond donors (Lipinski definition) is 0. The molecule has 2 aromatic heterocycles. The molecule has 0 bridgehead atoms. The van der Waals surface area contributed by atoms with Crippen molar-refractivity contribution in [1.82, 2.24) is 14.8 Å². The van der Waals surface area contributed by atoms with Crippen molar-refractivity contribution in [1.29, 1.82) is 0 Å². The van der Waals surface area contributed by atoms with Crippen molar-refractivity contribution in [3.05, 3.63) is 65.4 Å². The standard InChI is InChI=1S/C25H23N3O4/c1-16-2-4-18-12-19-13-23(32-24(19)26-20(18)10-16)25(29)28-8-6-27(7-9-28)14-17-3-5-21-22(11-17)31-15-30-21/h2-5,10-13H,6-9,14-15H2,1H3. The van der Waals surface area contributed by atoms with Crippen LogP contribution in [0, 0.1) is 6.92 Å². The third-order valence-electron chi connectivity index (χ3n) is 6.17. The summed E-state index contributed by atoms with van der Waals surface area (Å²) in [5, 5.41) is 1.89. The van der Waals surface area contributed by atoms with Crippen molar-refractivity contribution >= 4 is 27.9 Å². The number of aryl methyl sites for hydroxylation is 1. The molecule has 7 nitrogen and oxygen atoms in total. The molecule has 4 aromatic rings. The lowest BCUT2D eigenvalue weighted by Crippen LogP contribution is -2.48. The Hall–Kier alpha value is -3.58. The first-order valence-electron chi connectivity index (χ1n) is 10.8. The van der Waals surface area contributed by atoms with Crippen molar-refractivity contribution in [2.75, 3.05) is 33.0 Å². The van der Waals surface area contributed by atoms with Crippen LogP contribution in [0.3, 0.4) is 0 Å². The lowest BCUT2D eigenvalue weighted by atomic mass is 10.1. The Morgan fingerprint density at radius 1 is 0.938 bits per heavy atom. The summed E-state index contributed by atoms with van der Waals surface area (Å²) in [6.45, 7) is 6.08. The van der Waals surface area contributed by atoms with Gasteiger partial charge in [0.2, 0.25) is 12.5 Å². The van der Waals surface area contributed by atoms with Gasteiger partial charge in [-0.2, -0.15) is 0 Å². The fraction of sp³-hybridized carbons (Fsp3) is 0.280. The van der Waals surface area contributed by atoms with E-state index in [0.29, 0.717) is 24.6 Å². The minimum Gasteiger partial charge on any atom is -0.454 e. The highest BCUT2D eigenvalue weighted by Crippen LogP contribution is 2.33. The second kappa shape index (κ2) is 7.53. The van der Waals surface area contributed by atoms with Gasteiger partial charge >= 0.3 is 0 Å². The molecule has 0 unspecified atom stereocenters. The zero-order chi connectivity index (χ0) is 21.7. The Morgan fingerprint density at radius 3 is 2.66 bits per heavy atom. The summed E-state index contributed by atoms with van der Waals surface area (Å²) < 4.78 is 16.7. The summed E-state index contributed by atoms with van der Waals surface area (Å²) >= 11 is 0. The average Bonchev–Trinajstić information content (AvgIpc) is 3.43. The number of aromatic nitrogens is 1. The molecule has 1 fully saturated rings. The van der Waals surface area contributed by atoms with Gasteiger partial charge in [0.15, 0.2) is 17.3 Å². The van der Waals surface area contributed by atoms with Crippen LogP contribution in [-0.4, -0.2) is 53.7 Å². The number of fused-ring (bicyclic) bond motifs is 3. The molecular formula is C25H23N3O4. The van der Waals surface area contributed by atoms with Gasteiger partial charge in [0, 0.05) is 43.5 Å². The zero-order valence-corrected chi connectivity index (χ0v) is 17.8. The summed E-state index contributed by atoms with van der Waals surface area (Å²) in [6, 6.07) is 16.0. The number of nitrogens with zero attached hydrogens (tertiary/aromatic N) is 3. The van der Waals surface area contributed by atoms with E-state index < -0.39 is 0 Å². The predicted octanol–water partition coefficient (Wildman–Crippen LogP) is 3.98. The van der Waals surface area contributed by atoms with Gasteiger partial charge in [-0.3, -0.25) is 9.69 Å². The van der Waals surface area contributed by atoms with Crippen molar-refractivity contribution < 1.29 is 18.7 Å². The molecule has 1 saturated heterocycles. The molecule has 162 valence electrons. The number of carbonyl (C=O) groups is 1. The molecule has 0 atom stereocenters. The highest BCUT2D eigenvalue weighted by molar-refractivity contribution is 5.98.